The fraction of sp³-hybridized carbons (Fsp3) is 0.333. The number of aliphatic imine (C=N–C) groups is 1. The molecule has 1 unspecified atom stereocenters. The van der Waals surface area contributed by atoms with Gasteiger partial charge in [-0.3, -0.25) is 9.67 Å². The number of hydrogen-bond donors (Lipinski definition) is 1. The molecule has 0 amide bonds. The molecule has 0 radical (unpaired) electrons. The van der Waals surface area contributed by atoms with Gasteiger partial charge in [-0.25, -0.2) is 0 Å². The van der Waals surface area contributed by atoms with Gasteiger partial charge in [0.05, 0.1) is 19.3 Å². The Hall–Kier alpha value is -3.32. The van der Waals surface area contributed by atoms with Gasteiger partial charge in [0.15, 0.2) is 5.96 Å². The van der Waals surface area contributed by atoms with Gasteiger partial charge in [0.25, 0.3) is 0 Å². The topological polar surface area (TPSA) is 63.9 Å². The predicted octanol–water partition coefficient (Wildman–Crippen LogP) is 3.15. The Morgan fingerprint density at radius 2 is 2.03 bits per heavy atom. The molecule has 1 fully saturated rings. The van der Waals surface area contributed by atoms with E-state index in [0.29, 0.717) is 19.8 Å². The predicted molar refractivity (Wildman–Crippen MR) is 121 cm³/mol. The zero-order valence-corrected chi connectivity index (χ0v) is 18.1. The molecule has 1 N–H and O–H groups in total. The van der Waals surface area contributed by atoms with Crippen molar-refractivity contribution in [3.05, 3.63) is 83.7 Å². The summed E-state index contributed by atoms with van der Waals surface area (Å²) in [7, 11) is 3.74. The Morgan fingerprint density at radius 1 is 1.19 bits per heavy atom. The average molecular weight is 420 g/mol. The number of aromatic nitrogens is 2. The molecule has 1 atom stereocenters. The van der Waals surface area contributed by atoms with E-state index in [-0.39, 0.29) is 6.10 Å². The van der Waals surface area contributed by atoms with Crippen LogP contribution < -0.4 is 10.1 Å². The SMILES string of the molecule is CN=C(NCc1cccc(COc2ccccc2)c1)N1CCOC(c2cnn(C)c2)C1. The maximum absolute atomic E-state index is 5.95. The lowest BCUT2D eigenvalue weighted by atomic mass is 10.1. The largest absolute Gasteiger partial charge is 0.489 e. The highest BCUT2D eigenvalue weighted by Gasteiger charge is 2.25. The first-order chi connectivity index (χ1) is 15.2. The molecule has 0 spiro atoms. The van der Waals surface area contributed by atoms with Crippen LogP contribution in [0.2, 0.25) is 0 Å². The van der Waals surface area contributed by atoms with E-state index in [1.54, 1.807) is 4.68 Å². The van der Waals surface area contributed by atoms with Gasteiger partial charge in [0.1, 0.15) is 18.5 Å². The highest BCUT2D eigenvalue weighted by Crippen LogP contribution is 2.21. The molecule has 1 aliphatic rings. The Morgan fingerprint density at radius 3 is 2.81 bits per heavy atom. The third-order valence-electron chi connectivity index (χ3n) is 5.27. The van der Waals surface area contributed by atoms with Crippen LogP contribution >= 0.6 is 0 Å². The van der Waals surface area contributed by atoms with E-state index in [4.69, 9.17) is 9.47 Å². The number of ether oxygens (including phenoxy) is 2. The van der Waals surface area contributed by atoms with Crippen LogP contribution in [0.1, 0.15) is 22.8 Å². The van der Waals surface area contributed by atoms with Crippen LogP contribution in [0.15, 0.2) is 72.0 Å². The van der Waals surface area contributed by atoms with Gasteiger partial charge in [-0.2, -0.15) is 5.10 Å². The molecule has 1 aliphatic heterocycles. The number of guanidine groups is 1. The van der Waals surface area contributed by atoms with E-state index < -0.39 is 0 Å². The molecule has 2 heterocycles. The minimum Gasteiger partial charge on any atom is -0.489 e. The molecular weight excluding hydrogens is 390 g/mol. The lowest BCUT2D eigenvalue weighted by Crippen LogP contribution is -2.47. The molecule has 4 rings (SSSR count). The molecule has 0 aliphatic carbocycles. The fourth-order valence-corrected chi connectivity index (χ4v) is 3.68. The molecule has 0 saturated carbocycles. The van der Waals surface area contributed by atoms with E-state index in [9.17, 15) is 0 Å². The van der Waals surface area contributed by atoms with Crippen LogP contribution in [-0.2, 0) is 24.9 Å². The van der Waals surface area contributed by atoms with Gasteiger partial charge >= 0.3 is 0 Å². The molecule has 1 saturated heterocycles. The smallest absolute Gasteiger partial charge is 0.194 e. The molecule has 3 aromatic rings. The van der Waals surface area contributed by atoms with Crippen molar-refractivity contribution in [2.24, 2.45) is 12.0 Å². The van der Waals surface area contributed by atoms with Crippen molar-refractivity contribution >= 4 is 5.96 Å². The first kappa shape index (κ1) is 20.9. The first-order valence-corrected chi connectivity index (χ1v) is 10.5. The zero-order valence-electron chi connectivity index (χ0n) is 18.1. The van der Waals surface area contributed by atoms with Crippen LogP contribution in [0.4, 0.5) is 0 Å². The second-order valence-corrected chi connectivity index (χ2v) is 7.58. The average Bonchev–Trinajstić information content (AvgIpc) is 3.26. The van der Waals surface area contributed by atoms with E-state index in [2.05, 4.69) is 44.6 Å². The Balaban J connectivity index is 1.33. The van der Waals surface area contributed by atoms with E-state index in [1.165, 1.54) is 5.56 Å². The van der Waals surface area contributed by atoms with Gasteiger partial charge in [0, 0.05) is 38.9 Å². The molecule has 2 aromatic carbocycles. The number of hydrogen-bond acceptors (Lipinski definition) is 4. The molecule has 162 valence electrons. The van der Waals surface area contributed by atoms with E-state index in [1.807, 2.05) is 56.8 Å². The zero-order chi connectivity index (χ0) is 21.5. The number of nitrogens with one attached hydrogen (secondary N) is 1. The van der Waals surface area contributed by atoms with Crippen LogP contribution in [0, 0.1) is 0 Å². The van der Waals surface area contributed by atoms with Crippen LogP contribution in [-0.4, -0.2) is 47.4 Å². The highest BCUT2D eigenvalue weighted by molar-refractivity contribution is 5.80. The summed E-state index contributed by atoms with van der Waals surface area (Å²) in [4.78, 5) is 6.73. The van der Waals surface area contributed by atoms with Gasteiger partial charge in [-0.15, -0.1) is 0 Å². The summed E-state index contributed by atoms with van der Waals surface area (Å²) in [5.41, 5.74) is 3.42. The summed E-state index contributed by atoms with van der Waals surface area (Å²) in [5.74, 6) is 1.75. The summed E-state index contributed by atoms with van der Waals surface area (Å²) < 4.78 is 13.6. The monoisotopic (exact) mass is 419 g/mol. The summed E-state index contributed by atoms with van der Waals surface area (Å²) >= 11 is 0. The maximum Gasteiger partial charge on any atom is 0.194 e. The summed E-state index contributed by atoms with van der Waals surface area (Å²) in [6.07, 6.45) is 3.88. The molecule has 7 heteroatoms. The molecule has 31 heavy (non-hydrogen) atoms. The lowest BCUT2D eigenvalue weighted by molar-refractivity contribution is -0.00805. The number of para-hydroxylation sites is 1. The second-order valence-electron chi connectivity index (χ2n) is 7.58. The molecular formula is C24H29N5O2. The molecule has 0 bridgehead atoms. The van der Waals surface area contributed by atoms with Gasteiger partial charge < -0.3 is 19.7 Å². The fourth-order valence-electron chi connectivity index (χ4n) is 3.68. The Kier molecular flexibility index (Phi) is 6.84. The second kappa shape index (κ2) is 10.1. The maximum atomic E-state index is 5.95. The molecule has 7 nitrogen and oxygen atoms in total. The number of morpholine rings is 1. The van der Waals surface area contributed by atoms with Gasteiger partial charge in [-0.1, -0.05) is 42.5 Å². The van der Waals surface area contributed by atoms with Crippen LogP contribution in [0.3, 0.4) is 0 Å². The third kappa shape index (κ3) is 5.64. The van der Waals surface area contributed by atoms with Gasteiger partial charge in [-0.05, 0) is 23.3 Å². The van der Waals surface area contributed by atoms with Crippen LogP contribution in [0.25, 0.3) is 0 Å². The first-order valence-electron chi connectivity index (χ1n) is 10.5. The summed E-state index contributed by atoms with van der Waals surface area (Å²) in [5, 5.41) is 7.75. The van der Waals surface area contributed by atoms with Crippen LogP contribution in [0.5, 0.6) is 5.75 Å². The van der Waals surface area contributed by atoms with Gasteiger partial charge in [0.2, 0.25) is 0 Å². The van der Waals surface area contributed by atoms with Crippen molar-refractivity contribution in [2.75, 3.05) is 26.7 Å². The summed E-state index contributed by atoms with van der Waals surface area (Å²) in [6, 6.07) is 18.3. The van der Waals surface area contributed by atoms with Crippen molar-refractivity contribution in [3.63, 3.8) is 0 Å². The number of rotatable bonds is 6. The standard InChI is InChI=1S/C24H29N5O2/c1-25-24(29-11-12-30-23(17-29)21-15-27-28(2)16-21)26-14-19-7-6-8-20(13-19)18-31-22-9-4-3-5-10-22/h3-10,13,15-16,23H,11-12,14,17-18H2,1-2H3,(H,25,26). The van der Waals surface area contributed by atoms with Crippen molar-refractivity contribution < 1.29 is 9.47 Å². The Bertz CT molecular complexity index is 1000. The van der Waals surface area contributed by atoms with Crippen molar-refractivity contribution in [1.82, 2.24) is 20.0 Å². The highest BCUT2D eigenvalue weighted by atomic mass is 16.5. The minimum absolute atomic E-state index is 0.000497. The number of benzene rings is 2. The Labute approximate surface area is 183 Å². The minimum atomic E-state index is -0.000497. The number of nitrogens with zero attached hydrogens (tertiary/aromatic N) is 4. The normalized spacial score (nSPS) is 16.9. The molecule has 1 aromatic heterocycles. The van der Waals surface area contributed by atoms with E-state index >= 15 is 0 Å². The quantitative estimate of drug-likeness (QED) is 0.491. The lowest BCUT2D eigenvalue weighted by Gasteiger charge is -2.34. The third-order valence-corrected chi connectivity index (χ3v) is 5.27. The van der Waals surface area contributed by atoms with Crippen molar-refractivity contribution in [2.45, 2.75) is 19.3 Å². The number of aryl methyl sites for hydroxylation is 1. The van der Waals surface area contributed by atoms with Crippen molar-refractivity contribution in [3.8, 4) is 5.75 Å². The summed E-state index contributed by atoms with van der Waals surface area (Å²) in [6.45, 7) is 3.45. The van der Waals surface area contributed by atoms with Crippen molar-refractivity contribution in [1.29, 1.82) is 0 Å². The van der Waals surface area contributed by atoms with E-state index in [0.717, 1.165) is 35.9 Å².